The number of carbonyl (C=O) groups excluding carboxylic acids is 1. The summed E-state index contributed by atoms with van der Waals surface area (Å²) in [7, 11) is 0. The summed E-state index contributed by atoms with van der Waals surface area (Å²) in [5, 5.41) is 0. The van der Waals surface area contributed by atoms with E-state index in [4.69, 9.17) is 4.74 Å². The molecule has 0 fully saturated rings. The number of ether oxygens (including phenoxy) is 1. The fraction of sp³-hybridized carbons (Fsp3) is 0.500. The molecule has 0 aliphatic carbocycles. The van der Waals surface area contributed by atoms with E-state index in [1.807, 2.05) is 6.92 Å². The van der Waals surface area contributed by atoms with E-state index in [2.05, 4.69) is 18.2 Å². The maximum absolute atomic E-state index is 11.2. The maximum atomic E-state index is 11.2. The number of Topliss-reactive ketones (excluding diaryl/α,β-unsaturated/α-hetero) is 1. The average Bonchev–Trinajstić information content (AvgIpc) is 2.76. The van der Waals surface area contributed by atoms with Gasteiger partial charge >= 0.3 is 0 Å². The van der Waals surface area contributed by atoms with E-state index >= 15 is 0 Å². The van der Waals surface area contributed by atoms with Crippen LogP contribution in [0.5, 0.6) is 5.75 Å². The molecule has 0 aromatic heterocycles. The minimum Gasteiger partial charge on any atom is -0.493 e. The van der Waals surface area contributed by atoms with Crippen LogP contribution in [0.15, 0.2) is 18.2 Å². The van der Waals surface area contributed by atoms with Gasteiger partial charge in [-0.05, 0) is 30.0 Å². The van der Waals surface area contributed by atoms with Crippen LogP contribution in [0.3, 0.4) is 0 Å². The average molecular weight is 218 g/mol. The second-order valence-corrected chi connectivity index (χ2v) is 4.29. The van der Waals surface area contributed by atoms with Gasteiger partial charge in [-0.3, -0.25) is 4.79 Å². The van der Waals surface area contributed by atoms with Crippen LogP contribution in [0.25, 0.3) is 0 Å². The fourth-order valence-electron chi connectivity index (χ4n) is 2.06. The van der Waals surface area contributed by atoms with Gasteiger partial charge in [-0.1, -0.05) is 19.1 Å². The molecule has 86 valence electrons. The van der Waals surface area contributed by atoms with Crippen LogP contribution in [0.4, 0.5) is 0 Å². The van der Waals surface area contributed by atoms with Crippen LogP contribution < -0.4 is 4.74 Å². The van der Waals surface area contributed by atoms with Gasteiger partial charge in [0.05, 0.1) is 6.61 Å². The van der Waals surface area contributed by atoms with Crippen LogP contribution in [-0.2, 0) is 17.6 Å². The summed E-state index contributed by atoms with van der Waals surface area (Å²) in [5.41, 5.74) is 2.65. The number of hydrogen-bond donors (Lipinski definition) is 0. The molecule has 2 heteroatoms. The molecule has 0 amide bonds. The highest BCUT2D eigenvalue weighted by Crippen LogP contribution is 2.26. The minimum absolute atomic E-state index is 0.365. The van der Waals surface area contributed by atoms with Gasteiger partial charge in [0, 0.05) is 19.3 Å². The van der Waals surface area contributed by atoms with Crippen LogP contribution in [0, 0.1) is 0 Å². The van der Waals surface area contributed by atoms with Crippen molar-refractivity contribution in [3.8, 4) is 5.75 Å². The highest BCUT2D eigenvalue weighted by atomic mass is 16.5. The highest BCUT2D eigenvalue weighted by Gasteiger charge is 2.11. The largest absolute Gasteiger partial charge is 0.493 e. The quantitative estimate of drug-likeness (QED) is 0.759. The first-order chi connectivity index (χ1) is 7.79. The molecule has 0 saturated carbocycles. The van der Waals surface area contributed by atoms with Gasteiger partial charge < -0.3 is 4.74 Å². The highest BCUT2D eigenvalue weighted by molar-refractivity contribution is 5.77. The molecule has 1 aromatic carbocycles. The lowest BCUT2D eigenvalue weighted by Crippen LogP contribution is -1.96. The summed E-state index contributed by atoms with van der Waals surface area (Å²) in [4.78, 5) is 11.2. The second-order valence-electron chi connectivity index (χ2n) is 4.29. The van der Waals surface area contributed by atoms with E-state index in [1.165, 1.54) is 11.1 Å². The first-order valence-corrected chi connectivity index (χ1v) is 6.06. The topological polar surface area (TPSA) is 26.3 Å². The lowest BCUT2D eigenvalue weighted by Gasteiger charge is -2.03. The van der Waals surface area contributed by atoms with E-state index in [0.29, 0.717) is 18.6 Å². The van der Waals surface area contributed by atoms with Crippen molar-refractivity contribution >= 4 is 5.78 Å². The Labute approximate surface area is 96.6 Å². The van der Waals surface area contributed by atoms with Crippen LogP contribution in [0.1, 0.15) is 37.3 Å². The Balaban J connectivity index is 1.88. The Morgan fingerprint density at radius 3 is 3.12 bits per heavy atom. The third-order valence-corrected chi connectivity index (χ3v) is 3.07. The molecule has 0 unspecified atom stereocenters. The molecule has 1 aliphatic rings. The van der Waals surface area contributed by atoms with Gasteiger partial charge in [0.1, 0.15) is 11.5 Å². The van der Waals surface area contributed by atoms with Gasteiger partial charge in [0.15, 0.2) is 0 Å². The third-order valence-electron chi connectivity index (χ3n) is 3.07. The van der Waals surface area contributed by atoms with E-state index < -0.39 is 0 Å². The van der Waals surface area contributed by atoms with Crippen molar-refractivity contribution in [3.05, 3.63) is 29.3 Å². The number of hydrogen-bond acceptors (Lipinski definition) is 2. The molecule has 0 radical (unpaired) electrons. The minimum atomic E-state index is 0.365. The molecule has 1 aromatic rings. The predicted molar refractivity (Wildman–Crippen MR) is 63.9 cm³/mol. The van der Waals surface area contributed by atoms with Crippen molar-refractivity contribution in [2.45, 2.75) is 39.0 Å². The lowest BCUT2D eigenvalue weighted by molar-refractivity contribution is -0.118. The summed E-state index contributed by atoms with van der Waals surface area (Å²) in [6.45, 7) is 2.74. The lowest BCUT2D eigenvalue weighted by atomic mass is 10.0. The van der Waals surface area contributed by atoms with E-state index in [9.17, 15) is 4.79 Å². The second kappa shape index (κ2) is 5.15. The summed E-state index contributed by atoms with van der Waals surface area (Å²) < 4.78 is 5.46. The Bertz CT molecular complexity index is 382. The molecule has 1 aliphatic heterocycles. The molecule has 2 nitrogen and oxygen atoms in total. The summed E-state index contributed by atoms with van der Waals surface area (Å²) >= 11 is 0. The van der Waals surface area contributed by atoms with Crippen LogP contribution in [-0.4, -0.2) is 12.4 Å². The Kier molecular flexibility index (Phi) is 3.60. The Hall–Kier alpha value is -1.31. The molecule has 0 saturated heterocycles. The predicted octanol–water partition coefficient (Wildman–Crippen LogP) is 2.92. The molecule has 0 bridgehead atoms. The first kappa shape index (κ1) is 11.2. The number of carbonyl (C=O) groups is 1. The number of rotatable bonds is 5. The SMILES string of the molecule is CCC(=O)CCCc1ccc2c(c1)CCO2. The van der Waals surface area contributed by atoms with Gasteiger partial charge in [0.2, 0.25) is 0 Å². The van der Waals surface area contributed by atoms with Gasteiger partial charge in [-0.15, -0.1) is 0 Å². The standard InChI is InChI=1S/C14H18O2/c1-2-13(15)5-3-4-11-6-7-14-12(10-11)8-9-16-14/h6-7,10H,2-5,8-9H2,1H3. The summed E-state index contributed by atoms with van der Waals surface area (Å²) in [5.74, 6) is 1.40. The summed E-state index contributed by atoms with van der Waals surface area (Å²) in [6, 6.07) is 6.39. The molecule has 1 heterocycles. The van der Waals surface area contributed by atoms with Gasteiger partial charge in [0.25, 0.3) is 0 Å². The maximum Gasteiger partial charge on any atom is 0.132 e. The molecule has 0 spiro atoms. The zero-order valence-corrected chi connectivity index (χ0v) is 9.79. The normalized spacial score (nSPS) is 13.3. The van der Waals surface area contributed by atoms with Crippen molar-refractivity contribution in [2.75, 3.05) is 6.61 Å². The van der Waals surface area contributed by atoms with Gasteiger partial charge in [-0.25, -0.2) is 0 Å². The fourth-order valence-corrected chi connectivity index (χ4v) is 2.06. The monoisotopic (exact) mass is 218 g/mol. The number of aryl methyl sites for hydroxylation is 1. The van der Waals surface area contributed by atoms with E-state index in [0.717, 1.165) is 31.6 Å². The van der Waals surface area contributed by atoms with Crippen molar-refractivity contribution in [3.63, 3.8) is 0 Å². The first-order valence-electron chi connectivity index (χ1n) is 6.06. The Morgan fingerprint density at radius 2 is 2.31 bits per heavy atom. The molecule has 0 N–H and O–H groups in total. The number of benzene rings is 1. The third kappa shape index (κ3) is 2.63. The number of fused-ring (bicyclic) bond motifs is 1. The van der Waals surface area contributed by atoms with E-state index in [1.54, 1.807) is 0 Å². The summed E-state index contributed by atoms with van der Waals surface area (Å²) in [6.07, 6.45) is 4.37. The van der Waals surface area contributed by atoms with Crippen LogP contribution in [0.2, 0.25) is 0 Å². The van der Waals surface area contributed by atoms with Crippen molar-refractivity contribution < 1.29 is 9.53 Å². The Morgan fingerprint density at radius 1 is 1.44 bits per heavy atom. The molecule has 16 heavy (non-hydrogen) atoms. The molecular formula is C14H18O2. The van der Waals surface area contributed by atoms with E-state index in [-0.39, 0.29) is 0 Å². The zero-order chi connectivity index (χ0) is 11.4. The van der Waals surface area contributed by atoms with Crippen molar-refractivity contribution in [1.29, 1.82) is 0 Å². The number of ketones is 1. The van der Waals surface area contributed by atoms with Crippen molar-refractivity contribution in [1.82, 2.24) is 0 Å². The zero-order valence-electron chi connectivity index (χ0n) is 9.79. The van der Waals surface area contributed by atoms with Crippen LogP contribution >= 0.6 is 0 Å². The molecule has 2 rings (SSSR count). The van der Waals surface area contributed by atoms with Crippen molar-refractivity contribution in [2.24, 2.45) is 0 Å². The smallest absolute Gasteiger partial charge is 0.132 e. The molecule has 0 atom stereocenters. The molecular weight excluding hydrogens is 200 g/mol. The van der Waals surface area contributed by atoms with Gasteiger partial charge in [-0.2, -0.15) is 0 Å².